The van der Waals surface area contributed by atoms with Crippen LogP contribution in [0, 0.1) is 5.92 Å². The lowest BCUT2D eigenvalue weighted by atomic mass is 9.95. The molecule has 1 aliphatic heterocycles. The molecule has 1 amide bonds. The van der Waals surface area contributed by atoms with Crippen molar-refractivity contribution in [3.05, 3.63) is 11.6 Å². The average molecular weight is 293 g/mol. The summed E-state index contributed by atoms with van der Waals surface area (Å²) in [6.45, 7) is 4.21. The minimum absolute atomic E-state index is 0.180. The lowest BCUT2D eigenvalue weighted by molar-refractivity contribution is -0.122. The van der Waals surface area contributed by atoms with Crippen LogP contribution in [0.2, 0.25) is 0 Å². The number of nitrogens with one attached hydrogen (secondary N) is 1. The van der Waals surface area contributed by atoms with Gasteiger partial charge in [-0.05, 0) is 70.4 Å². The van der Waals surface area contributed by atoms with Crippen LogP contribution in [0.5, 0.6) is 0 Å². The van der Waals surface area contributed by atoms with Crippen LogP contribution in [0.25, 0.3) is 0 Å². The van der Waals surface area contributed by atoms with E-state index in [2.05, 4.69) is 16.3 Å². The molecule has 2 rings (SSSR count). The van der Waals surface area contributed by atoms with Crippen LogP contribution in [0.15, 0.2) is 11.6 Å². The second kappa shape index (κ2) is 9.21. The Morgan fingerprint density at radius 3 is 3.05 bits per heavy atom. The van der Waals surface area contributed by atoms with E-state index in [0.717, 1.165) is 39.0 Å². The van der Waals surface area contributed by atoms with Gasteiger partial charge in [0, 0.05) is 13.1 Å². The Balaban J connectivity index is 1.61. The predicted molar refractivity (Wildman–Crippen MR) is 87.0 cm³/mol. The highest BCUT2D eigenvalue weighted by Gasteiger charge is 2.20. The van der Waals surface area contributed by atoms with Crippen LogP contribution in [-0.2, 0) is 4.79 Å². The van der Waals surface area contributed by atoms with Gasteiger partial charge < -0.3 is 11.1 Å². The van der Waals surface area contributed by atoms with Gasteiger partial charge in [-0.1, -0.05) is 11.6 Å². The Bertz CT molecular complexity index is 352. The van der Waals surface area contributed by atoms with Crippen molar-refractivity contribution in [2.45, 2.75) is 51.4 Å². The summed E-state index contributed by atoms with van der Waals surface area (Å²) in [4.78, 5) is 14.3. The molecule has 1 saturated heterocycles. The summed E-state index contributed by atoms with van der Waals surface area (Å²) in [5, 5.41) is 3.08. The van der Waals surface area contributed by atoms with Gasteiger partial charge in [-0.3, -0.25) is 9.69 Å². The molecule has 1 fully saturated rings. The lowest BCUT2D eigenvalue weighted by Crippen LogP contribution is -2.43. The van der Waals surface area contributed by atoms with Crippen molar-refractivity contribution in [1.82, 2.24) is 10.2 Å². The highest BCUT2D eigenvalue weighted by molar-refractivity contribution is 5.78. The van der Waals surface area contributed by atoms with E-state index in [0.29, 0.717) is 12.5 Å². The molecule has 0 spiro atoms. The molecular weight excluding hydrogens is 262 g/mol. The van der Waals surface area contributed by atoms with Gasteiger partial charge in [0.25, 0.3) is 0 Å². The Kier molecular flexibility index (Phi) is 7.24. The first-order valence-corrected chi connectivity index (χ1v) is 8.65. The monoisotopic (exact) mass is 293 g/mol. The molecule has 1 atom stereocenters. The first-order chi connectivity index (χ1) is 10.3. The number of allylic oxidation sites excluding steroid dienone is 1. The summed E-state index contributed by atoms with van der Waals surface area (Å²) in [5.41, 5.74) is 7.17. The number of amides is 1. The van der Waals surface area contributed by atoms with E-state index in [9.17, 15) is 4.79 Å². The molecule has 3 N–H and O–H groups in total. The van der Waals surface area contributed by atoms with Crippen molar-refractivity contribution in [3.8, 4) is 0 Å². The van der Waals surface area contributed by atoms with E-state index >= 15 is 0 Å². The first kappa shape index (κ1) is 16.5. The van der Waals surface area contributed by atoms with Crippen molar-refractivity contribution in [3.63, 3.8) is 0 Å². The molecule has 21 heavy (non-hydrogen) atoms. The van der Waals surface area contributed by atoms with Crippen molar-refractivity contribution < 1.29 is 4.79 Å². The van der Waals surface area contributed by atoms with Crippen molar-refractivity contribution >= 4 is 5.91 Å². The molecule has 1 heterocycles. The van der Waals surface area contributed by atoms with Crippen LogP contribution in [0.1, 0.15) is 51.4 Å². The number of hydrogen-bond acceptors (Lipinski definition) is 3. The third-order valence-electron chi connectivity index (χ3n) is 4.70. The second-order valence-electron chi connectivity index (χ2n) is 6.53. The summed E-state index contributed by atoms with van der Waals surface area (Å²) in [6, 6.07) is 0. The summed E-state index contributed by atoms with van der Waals surface area (Å²) in [5.74, 6) is 0.865. The van der Waals surface area contributed by atoms with Gasteiger partial charge in [-0.2, -0.15) is 0 Å². The predicted octanol–water partition coefficient (Wildman–Crippen LogP) is 2.05. The normalized spacial score (nSPS) is 23.7. The highest BCUT2D eigenvalue weighted by Crippen LogP contribution is 2.20. The largest absolute Gasteiger partial charge is 0.355 e. The summed E-state index contributed by atoms with van der Waals surface area (Å²) < 4.78 is 0. The van der Waals surface area contributed by atoms with E-state index in [1.807, 2.05) is 0 Å². The maximum absolute atomic E-state index is 12.0. The summed E-state index contributed by atoms with van der Waals surface area (Å²) in [6.07, 6.45) is 12.0. The fourth-order valence-corrected chi connectivity index (χ4v) is 3.52. The van der Waals surface area contributed by atoms with Crippen molar-refractivity contribution in [2.75, 3.05) is 32.7 Å². The topological polar surface area (TPSA) is 58.4 Å². The molecular formula is C17H31N3O. The quantitative estimate of drug-likeness (QED) is 0.706. The van der Waals surface area contributed by atoms with Gasteiger partial charge >= 0.3 is 0 Å². The van der Waals surface area contributed by atoms with E-state index in [1.165, 1.54) is 44.1 Å². The Morgan fingerprint density at radius 1 is 1.38 bits per heavy atom. The lowest BCUT2D eigenvalue weighted by Gasteiger charge is -2.32. The molecule has 0 aromatic heterocycles. The number of carbonyl (C=O) groups excluding carboxylic acids is 1. The second-order valence-corrected chi connectivity index (χ2v) is 6.53. The number of rotatable bonds is 7. The van der Waals surface area contributed by atoms with Gasteiger partial charge in [-0.15, -0.1) is 0 Å². The maximum atomic E-state index is 12.0. The van der Waals surface area contributed by atoms with Crippen molar-refractivity contribution in [1.29, 1.82) is 0 Å². The number of nitrogens with two attached hydrogens (primary N) is 1. The van der Waals surface area contributed by atoms with Crippen molar-refractivity contribution in [2.24, 2.45) is 11.7 Å². The van der Waals surface area contributed by atoms with E-state index < -0.39 is 0 Å². The van der Waals surface area contributed by atoms with Gasteiger partial charge in [-0.25, -0.2) is 0 Å². The molecule has 0 aromatic carbocycles. The van der Waals surface area contributed by atoms with E-state index in [1.54, 1.807) is 0 Å². The molecule has 120 valence electrons. The number of hydrogen-bond donors (Lipinski definition) is 2. The van der Waals surface area contributed by atoms with Gasteiger partial charge in [0.2, 0.25) is 5.91 Å². The third-order valence-corrected chi connectivity index (χ3v) is 4.70. The fraction of sp³-hybridized carbons (Fsp3) is 0.824. The van der Waals surface area contributed by atoms with Gasteiger partial charge in [0.1, 0.15) is 0 Å². The zero-order chi connectivity index (χ0) is 14.9. The zero-order valence-electron chi connectivity index (χ0n) is 13.3. The SMILES string of the molecule is NCCC1CCCN(CC(=O)NCCC2=CCCCC2)C1. The molecule has 0 saturated carbocycles. The van der Waals surface area contributed by atoms with Crippen LogP contribution >= 0.6 is 0 Å². The number of likely N-dealkylation sites (tertiary alicyclic amines) is 1. The standard InChI is InChI=1S/C17H31N3O/c18-10-8-16-7-4-12-20(13-16)14-17(21)19-11-9-15-5-2-1-3-6-15/h5,16H,1-4,6-14,18H2,(H,19,21). The molecule has 0 aromatic rings. The fourth-order valence-electron chi connectivity index (χ4n) is 3.52. The highest BCUT2D eigenvalue weighted by atomic mass is 16.2. The van der Waals surface area contributed by atoms with Crippen LogP contribution in [0.4, 0.5) is 0 Å². The van der Waals surface area contributed by atoms with E-state index in [-0.39, 0.29) is 5.91 Å². The average Bonchev–Trinajstić information content (AvgIpc) is 2.49. The van der Waals surface area contributed by atoms with E-state index in [4.69, 9.17) is 5.73 Å². The molecule has 4 nitrogen and oxygen atoms in total. The van der Waals surface area contributed by atoms with Crippen LogP contribution in [-0.4, -0.2) is 43.5 Å². The zero-order valence-corrected chi connectivity index (χ0v) is 13.3. The molecule has 1 aliphatic carbocycles. The smallest absolute Gasteiger partial charge is 0.234 e. The first-order valence-electron chi connectivity index (χ1n) is 8.65. The molecule has 1 unspecified atom stereocenters. The van der Waals surface area contributed by atoms with Crippen LogP contribution < -0.4 is 11.1 Å². The van der Waals surface area contributed by atoms with Gasteiger partial charge in [0.05, 0.1) is 6.54 Å². The Labute approximate surface area is 129 Å². The Morgan fingerprint density at radius 2 is 2.29 bits per heavy atom. The summed E-state index contributed by atoms with van der Waals surface area (Å²) >= 11 is 0. The third kappa shape index (κ3) is 6.18. The molecule has 0 bridgehead atoms. The molecule has 0 radical (unpaired) electrons. The maximum Gasteiger partial charge on any atom is 0.234 e. The minimum Gasteiger partial charge on any atom is -0.355 e. The van der Waals surface area contributed by atoms with Gasteiger partial charge in [0.15, 0.2) is 0 Å². The molecule has 4 heteroatoms. The van der Waals surface area contributed by atoms with Crippen LogP contribution in [0.3, 0.4) is 0 Å². The molecule has 2 aliphatic rings. The Hall–Kier alpha value is -0.870. The number of carbonyl (C=O) groups is 1. The minimum atomic E-state index is 0.180. The number of piperidine rings is 1. The summed E-state index contributed by atoms with van der Waals surface area (Å²) in [7, 11) is 0. The number of nitrogens with zero attached hydrogens (tertiary/aromatic N) is 1.